The number of nitrogens with two attached hydrogens (primary N) is 1. The van der Waals surface area contributed by atoms with E-state index in [1.165, 1.54) is 132 Å². The average molecular weight is 1980 g/mol. The maximum atomic E-state index is 12.0. The Labute approximate surface area is 801 Å². The second kappa shape index (κ2) is 94.4. The Morgan fingerprint density at radius 2 is 0.422 bits per heavy atom. The van der Waals surface area contributed by atoms with E-state index >= 15 is 0 Å². The zero-order valence-corrected chi connectivity index (χ0v) is 82.6. The fourth-order valence-corrected chi connectivity index (χ4v) is 12.7. The SMILES string of the molecule is CCCCCCCC(=O)N(C)C[C@H](O)[C@@H](O)[C@H](O)[C@H](O)CO.CCCCCCCCC(=O)N(C)C[C@H](O)[C@@H](O)[C@H](O)[C@H](O)CO.CCCCCCCCCC(=O)N(C)C[C@H](O)[C@@H](O)[C@H](O)[C@H](O)CO.CCCCCCCCN(C)C[C@H](O)[C@@H](O)[C@H](O)[C@H](O)CO.CCCCCCCCNC[C@H](O)[C@@H](O)[C@H](O)[C@H](O)CO.CNC[C@H](O)[C@@H](O)[C@H](O)[C@H](O)CO.NC[C@H](O)[C@@H](O)[C@H](O)[C@H](O)CO. The number of aliphatic hydroxyl groups is 35. The minimum absolute atomic E-state index is 0.0936. The van der Waals surface area contributed by atoms with Gasteiger partial charge in [-0.3, -0.25) is 14.4 Å². The molecule has 0 unspecified atom stereocenters. The van der Waals surface area contributed by atoms with E-state index in [4.69, 9.17) is 82.3 Å². The summed E-state index contributed by atoms with van der Waals surface area (Å²) in [7, 11) is 7.97. The molecule has 3 amide bonds. The van der Waals surface area contributed by atoms with Gasteiger partial charge in [-0.05, 0) is 59.3 Å². The van der Waals surface area contributed by atoms with E-state index < -0.39 is 217 Å². The van der Waals surface area contributed by atoms with Crippen LogP contribution in [0.2, 0.25) is 0 Å². The summed E-state index contributed by atoms with van der Waals surface area (Å²) in [4.78, 5) is 41.6. The highest BCUT2D eigenvalue weighted by Gasteiger charge is 2.37. The van der Waals surface area contributed by atoms with Crippen molar-refractivity contribution >= 4 is 17.7 Å². The molecule has 135 heavy (non-hydrogen) atoms. The normalized spacial score (nSPS) is 17.8. The topological polar surface area (TPSA) is 822 Å². The highest BCUT2D eigenvalue weighted by atomic mass is 16.4. The third-order valence-electron chi connectivity index (χ3n) is 22.3. The van der Waals surface area contributed by atoms with Crippen molar-refractivity contribution in [3.05, 3.63) is 0 Å². The minimum Gasteiger partial charge on any atom is -0.394 e. The van der Waals surface area contributed by atoms with Crippen molar-refractivity contribution in [2.45, 2.75) is 417 Å². The van der Waals surface area contributed by atoms with Gasteiger partial charge in [0.1, 0.15) is 146 Å². The van der Waals surface area contributed by atoms with Crippen molar-refractivity contribution in [1.82, 2.24) is 30.2 Å². The van der Waals surface area contributed by atoms with Gasteiger partial charge in [-0.1, -0.05) is 195 Å². The van der Waals surface area contributed by atoms with E-state index in [9.17, 15) is 117 Å². The predicted molar refractivity (Wildman–Crippen MR) is 505 cm³/mol. The van der Waals surface area contributed by atoms with Crippen LogP contribution in [0.3, 0.4) is 0 Å². The summed E-state index contributed by atoms with van der Waals surface area (Å²) in [5.41, 5.74) is 4.99. The van der Waals surface area contributed by atoms with Gasteiger partial charge in [-0.25, -0.2) is 0 Å². The zero-order chi connectivity index (χ0) is 105. The lowest BCUT2D eigenvalue weighted by molar-refractivity contribution is -0.138. The van der Waals surface area contributed by atoms with Crippen LogP contribution >= 0.6 is 0 Å². The molecule has 0 saturated carbocycles. The summed E-state index contributed by atoms with van der Waals surface area (Å²) in [5, 5.41) is 329. The molecule has 45 nitrogen and oxygen atoms in total. The van der Waals surface area contributed by atoms with Crippen molar-refractivity contribution in [3.63, 3.8) is 0 Å². The third-order valence-corrected chi connectivity index (χ3v) is 22.3. The largest absolute Gasteiger partial charge is 0.394 e. The van der Waals surface area contributed by atoms with E-state index in [2.05, 4.69) is 45.3 Å². The molecule has 0 aromatic heterocycles. The minimum atomic E-state index is -1.67. The maximum absolute atomic E-state index is 12.0. The highest BCUT2D eigenvalue weighted by molar-refractivity contribution is 5.76. The third kappa shape index (κ3) is 75.3. The molecule has 39 N–H and O–H groups in total. The Bertz CT molecular complexity index is 2560. The molecule has 0 aliphatic rings. The van der Waals surface area contributed by atoms with E-state index in [-0.39, 0.29) is 63.5 Å². The Balaban J connectivity index is -0.000000286. The fourth-order valence-electron chi connectivity index (χ4n) is 12.7. The molecule has 818 valence electrons. The lowest BCUT2D eigenvalue weighted by Gasteiger charge is -2.28. The van der Waals surface area contributed by atoms with Gasteiger partial charge < -0.3 is 215 Å². The lowest BCUT2D eigenvalue weighted by atomic mass is 10.0. The van der Waals surface area contributed by atoms with Gasteiger partial charge in [-0.2, -0.15) is 0 Å². The Hall–Kier alpha value is -3.15. The van der Waals surface area contributed by atoms with Crippen molar-refractivity contribution in [2.24, 2.45) is 5.73 Å². The molecule has 0 heterocycles. The molecule has 0 aromatic rings. The number of amides is 3. The quantitative estimate of drug-likeness (QED) is 0.0252. The number of hydrogen-bond acceptors (Lipinski definition) is 42. The number of hydrogen-bond donors (Lipinski definition) is 38. The summed E-state index contributed by atoms with van der Waals surface area (Å²) in [5.74, 6) is -0.407. The van der Waals surface area contributed by atoms with Crippen LogP contribution in [0, 0.1) is 0 Å². The molecule has 0 bridgehead atoms. The maximum Gasteiger partial charge on any atom is 0.222 e. The van der Waals surface area contributed by atoms with Crippen LogP contribution in [0.25, 0.3) is 0 Å². The van der Waals surface area contributed by atoms with Crippen molar-refractivity contribution in [1.29, 1.82) is 0 Å². The first kappa shape index (κ1) is 145. The van der Waals surface area contributed by atoms with E-state index in [0.29, 0.717) is 19.3 Å². The molecule has 28 atom stereocenters. The molecule has 0 radical (unpaired) electrons. The summed E-state index contributed by atoms with van der Waals surface area (Å²) >= 11 is 0. The summed E-state index contributed by atoms with van der Waals surface area (Å²) < 4.78 is 0. The van der Waals surface area contributed by atoms with Crippen LogP contribution in [-0.4, -0.2) is 527 Å². The summed E-state index contributed by atoms with van der Waals surface area (Å²) in [6, 6.07) is 0. The first-order chi connectivity index (χ1) is 63.6. The van der Waals surface area contributed by atoms with Gasteiger partial charge in [0.15, 0.2) is 0 Å². The van der Waals surface area contributed by atoms with Crippen LogP contribution in [0.5, 0.6) is 0 Å². The van der Waals surface area contributed by atoms with Crippen LogP contribution in [0.1, 0.15) is 247 Å². The number of rotatable bonds is 76. The Kier molecular flexibility index (Phi) is 101. The van der Waals surface area contributed by atoms with Crippen LogP contribution < -0.4 is 16.4 Å². The molecule has 0 rings (SSSR count). The molecule has 0 fully saturated rings. The molecule has 0 spiro atoms. The predicted octanol–water partition coefficient (Wildman–Crippen LogP) is -9.00. The van der Waals surface area contributed by atoms with E-state index in [1.54, 1.807) is 7.05 Å². The summed E-state index contributed by atoms with van der Waals surface area (Å²) in [6.07, 6.45) is -6.77. The number of nitrogens with zero attached hydrogens (tertiary/aromatic N) is 4. The van der Waals surface area contributed by atoms with Crippen molar-refractivity contribution in [3.8, 4) is 0 Å². The first-order valence-corrected chi connectivity index (χ1v) is 48.4. The van der Waals surface area contributed by atoms with E-state index in [1.807, 2.05) is 11.9 Å². The van der Waals surface area contributed by atoms with Gasteiger partial charge in [0.2, 0.25) is 17.7 Å². The smallest absolute Gasteiger partial charge is 0.222 e. The fraction of sp³-hybridized carbons (Fsp3) is 0.967. The number of carbonyl (C=O) groups excluding carboxylic acids is 3. The number of carbonyl (C=O) groups is 3. The van der Waals surface area contributed by atoms with Gasteiger partial charge in [0, 0.05) is 86.2 Å². The molecule has 45 heteroatoms. The second-order valence-electron chi connectivity index (χ2n) is 34.8. The lowest BCUT2D eigenvalue weighted by Crippen LogP contribution is -2.49. The molecular formula is C90H195N7O38. The van der Waals surface area contributed by atoms with Gasteiger partial charge in [0.05, 0.1) is 70.7 Å². The molecular weight excluding hydrogens is 1790 g/mol. The van der Waals surface area contributed by atoms with Crippen LogP contribution in [-0.2, 0) is 14.4 Å². The average Bonchev–Trinajstić information content (AvgIpc) is 0.873. The number of nitrogens with one attached hydrogen (secondary N) is 2. The van der Waals surface area contributed by atoms with Crippen molar-refractivity contribution < 1.29 is 193 Å². The second-order valence-corrected chi connectivity index (χ2v) is 34.8. The van der Waals surface area contributed by atoms with Gasteiger partial charge >= 0.3 is 0 Å². The Morgan fingerprint density at radius 3 is 0.644 bits per heavy atom. The van der Waals surface area contributed by atoms with Crippen LogP contribution in [0.15, 0.2) is 0 Å². The molecule has 0 saturated heterocycles. The number of likely N-dealkylation sites (N-methyl/N-ethyl adjacent to an activating group) is 5. The number of unbranched alkanes of at least 4 members (excludes halogenated alkanes) is 25. The van der Waals surface area contributed by atoms with E-state index in [0.717, 1.165) is 109 Å². The van der Waals surface area contributed by atoms with Gasteiger partial charge in [-0.15, -0.1) is 0 Å². The molecule has 0 aromatic carbocycles. The zero-order valence-electron chi connectivity index (χ0n) is 82.6. The summed E-state index contributed by atoms with van der Waals surface area (Å²) in [6.45, 7) is 7.31. The highest BCUT2D eigenvalue weighted by Crippen LogP contribution is 2.18. The Morgan fingerprint density at radius 1 is 0.237 bits per heavy atom. The first-order valence-electron chi connectivity index (χ1n) is 48.4. The number of aliphatic hydroxyl groups excluding tert-OH is 35. The van der Waals surface area contributed by atoms with Gasteiger partial charge in [0.25, 0.3) is 0 Å². The monoisotopic (exact) mass is 1980 g/mol. The molecule has 0 aliphatic heterocycles. The van der Waals surface area contributed by atoms with Crippen molar-refractivity contribution in [2.75, 3.05) is 140 Å². The molecule has 0 aliphatic carbocycles. The van der Waals surface area contributed by atoms with Crippen LogP contribution in [0.4, 0.5) is 0 Å². The standard InChI is InChI=1S/C17H35NO6.C16H33NO6.C15H31NO6.C15H33NO5.C14H31NO5.C7H17NO5.C6H15NO5/c1-3-4-5-6-7-8-9-10-15(22)18(2)11-13(20)16(23)17(24)14(21)12-19;1-3-4-5-6-7-8-9-14(21)17(2)10-12(19)15(22)16(23)13(20)11-18;1-3-4-5-6-7-8-13(20)16(2)9-11(18)14(21)15(22)12(19)10-17;1-3-4-5-6-7-8-9-16(2)10-12(18)14(20)15(21)13(19)11-17;1-2-3-4-5-6-7-8-15-9-11(17)13(19)14(20)12(18)10-16;1-8-2-4(10)6(12)7(13)5(11)3-9;7-1-3(9)5(11)6(12)4(10)2-8/h13-14,16-17,19-21,23-24H,3-12H2,1-2H3;12-13,15-16,18-20,22-23H,3-11H2,1-2H3;11-12,14-15,17-19,21-22H,3-10H2,1-2H3;12-15,17-21H,3-11H2,1-2H3;11-20H,2-10H2,1H3;4-13H,2-3H2,1H3;3-6,8-12H,1-2,7H2/t13-,14+,16+,17+;12-,13+,15+,16+;11-,12+,14+,15+;12-,13+,14+,15+;11-,12+,13+,14+;4-,5+,6+,7+;3-,4+,5+,6+/m0000000/s1.